The minimum atomic E-state index is -2.97. The minimum absolute atomic E-state index is 0.0684. The van der Waals surface area contributed by atoms with Gasteiger partial charge < -0.3 is 4.74 Å². The van der Waals surface area contributed by atoms with Gasteiger partial charge in [-0.15, -0.1) is 0 Å². The van der Waals surface area contributed by atoms with Gasteiger partial charge in [-0.25, -0.2) is 8.78 Å². The Morgan fingerprint density at radius 1 is 1.44 bits per heavy atom. The van der Waals surface area contributed by atoms with E-state index in [1.807, 2.05) is 6.07 Å². The summed E-state index contributed by atoms with van der Waals surface area (Å²) >= 11 is 0. The van der Waals surface area contributed by atoms with E-state index >= 15 is 0 Å². The minimum Gasteiger partial charge on any atom is -0.496 e. The Bertz CT molecular complexity index is 430. The van der Waals surface area contributed by atoms with Crippen molar-refractivity contribution >= 4 is 0 Å². The van der Waals surface area contributed by atoms with Crippen LogP contribution in [0.1, 0.15) is 23.6 Å². The highest BCUT2D eigenvalue weighted by Gasteiger charge is 2.30. The van der Waals surface area contributed by atoms with Crippen molar-refractivity contribution in [1.82, 2.24) is 0 Å². The van der Waals surface area contributed by atoms with Crippen molar-refractivity contribution in [2.24, 2.45) is 0 Å². The van der Waals surface area contributed by atoms with E-state index < -0.39 is 5.92 Å². The summed E-state index contributed by atoms with van der Waals surface area (Å²) in [5.41, 5.74) is 1.14. The molecule has 1 aromatic rings. The van der Waals surface area contributed by atoms with Gasteiger partial charge in [0.1, 0.15) is 5.75 Å². The number of rotatable bonds is 3. The third-order valence-electron chi connectivity index (χ3n) is 2.43. The molecular weight excluding hydrogens is 212 g/mol. The van der Waals surface area contributed by atoms with Crippen molar-refractivity contribution in [3.05, 3.63) is 28.8 Å². The zero-order valence-electron chi connectivity index (χ0n) is 9.47. The van der Waals surface area contributed by atoms with Gasteiger partial charge in [-0.05, 0) is 18.6 Å². The quantitative estimate of drug-likeness (QED) is 0.791. The number of aryl methyl sites for hydroxylation is 1. The number of nitrogens with zero attached hydrogens (tertiary/aromatic N) is 1. The van der Waals surface area contributed by atoms with Gasteiger partial charge in [0.2, 0.25) is 0 Å². The van der Waals surface area contributed by atoms with Crippen molar-refractivity contribution in [3.8, 4) is 11.8 Å². The van der Waals surface area contributed by atoms with Crippen molar-refractivity contribution < 1.29 is 13.5 Å². The molecule has 0 amide bonds. The number of alkyl halides is 2. The van der Waals surface area contributed by atoms with Crippen LogP contribution in [0.2, 0.25) is 0 Å². The highest BCUT2D eigenvalue weighted by atomic mass is 19.3. The van der Waals surface area contributed by atoms with E-state index in [9.17, 15) is 8.78 Å². The summed E-state index contributed by atoms with van der Waals surface area (Å²) < 4.78 is 31.6. The molecule has 4 heteroatoms. The molecule has 0 saturated heterocycles. The summed E-state index contributed by atoms with van der Waals surface area (Å²) in [4.78, 5) is 0. The molecule has 0 spiro atoms. The normalized spacial score (nSPS) is 11.0. The molecule has 0 atom stereocenters. The second-order valence-electron chi connectivity index (χ2n) is 3.67. The number of nitriles is 1. The lowest BCUT2D eigenvalue weighted by Crippen LogP contribution is -2.11. The van der Waals surface area contributed by atoms with Crippen molar-refractivity contribution in [3.63, 3.8) is 0 Å². The molecule has 0 radical (unpaired) electrons. The van der Waals surface area contributed by atoms with Crippen LogP contribution in [0.15, 0.2) is 12.1 Å². The Labute approximate surface area is 93.5 Å². The fourth-order valence-electron chi connectivity index (χ4n) is 1.60. The van der Waals surface area contributed by atoms with E-state index in [4.69, 9.17) is 10.00 Å². The predicted molar refractivity (Wildman–Crippen MR) is 56.6 cm³/mol. The van der Waals surface area contributed by atoms with Crippen molar-refractivity contribution in [2.75, 3.05) is 7.11 Å². The first-order chi connectivity index (χ1) is 7.41. The average Bonchev–Trinajstić information content (AvgIpc) is 2.19. The van der Waals surface area contributed by atoms with Gasteiger partial charge in [-0.2, -0.15) is 5.26 Å². The first kappa shape index (κ1) is 12.4. The zero-order chi connectivity index (χ0) is 12.3. The second-order valence-corrected chi connectivity index (χ2v) is 3.67. The number of methoxy groups -OCH3 is 1. The summed E-state index contributed by atoms with van der Waals surface area (Å²) in [6.45, 7) is 2.59. The highest BCUT2D eigenvalue weighted by molar-refractivity contribution is 5.49. The van der Waals surface area contributed by atoms with E-state index in [0.29, 0.717) is 5.56 Å². The lowest BCUT2D eigenvalue weighted by atomic mass is 9.98. The zero-order valence-corrected chi connectivity index (χ0v) is 9.47. The van der Waals surface area contributed by atoms with Gasteiger partial charge >= 0.3 is 0 Å². The summed E-state index contributed by atoms with van der Waals surface area (Å²) in [5, 5.41) is 8.66. The molecular formula is C12H13F2NO. The molecule has 0 saturated carbocycles. The summed E-state index contributed by atoms with van der Waals surface area (Å²) in [6, 6.07) is 4.88. The second kappa shape index (κ2) is 4.48. The van der Waals surface area contributed by atoms with E-state index in [0.717, 1.165) is 12.5 Å². The fraction of sp³-hybridized carbons (Fsp3) is 0.417. The maximum Gasteiger partial charge on any atom is 0.274 e. The SMILES string of the molecule is COc1c(C(C)(F)F)ccc(C)c1CC#N. The Kier molecular flexibility index (Phi) is 3.48. The Hall–Kier alpha value is -1.63. The summed E-state index contributed by atoms with van der Waals surface area (Å²) in [7, 11) is 1.34. The average molecular weight is 225 g/mol. The molecule has 86 valence electrons. The van der Waals surface area contributed by atoms with Gasteiger partial charge in [0.05, 0.1) is 25.2 Å². The maximum absolute atomic E-state index is 13.3. The predicted octanol–water partition coefficient (Wildman–Crippen LogP) is 3.18. The molecule has 0 aliphatic heterocycles. The Balaban J connectivity index is 3.44. The van der Waals surface area contributed by atoms with Gasteiger partial charge in [0, 0.05) is 12.5 Å². The molecule has 16 heavy (non-hydrogen) atoms. The smallest absolute Gasteiger partial charge is 0.274 e. The standard InChI is InChI=1S/C12H13F2NO/c1-8-4-5-10(12(2,13)14)11(16-3)9(8)6-7-15/h4-5H,6H2,1-3H3. The molecule has 0 aliphatic rings. The van der Waals surface area contributed by atoms with E-state index in [-0.39, 0.29) is 17.7 Å². The van der Waals surface area contributed by atoms with Crippen molar-refractivity contribution in [2.45, 2.75) is 26.2 Å². The van der Waals surface area contributed by atoms with Crippen LogP contribution in [0, 0.1) is 18.3 Å². The van der Waals surface area contributed by atoms with Crippen LogP contribution < -0.4 is 4.74 Å². The van der Waals surface area contributed by atoms with Gasteiger partial charge in [0.15, 0.2) is 0 Å². The monoisotopic (exact) mass is 225 g/mol. The highest BCUT2D eigenvalue weighted by Crippen LogP contribution is 2.38. The molecule has 0 heterocycles. The summed E-state index contributed by atoms with van der Waals surface area (Å²) in [6.07, 6.45) is 0.0684. The first-order valence-corrected chi connectivity index (χ1v) is 4.83. The number of benzene rings is 1. The number of ether oxygens (including phenoxy) is 1. The van der Waals surface area contributed by atoms with Gasteiger partial charge in [-0.3, -0.25) is 0 Å². The Morgan fingerprint density at radius 3 is 2.50 bits per heavy atom. The fourth-order valence-corrected chi connectivity index (χ4v) is 1.60. The maximum atomic E-state index is 13.3. The van der Waals surface area contributed by atoms with E-state index in [2.05, 4.69) is 0 Å². The number of hydrogen-bond acceptors (Lipinski definition) is 2. The lowest BCUT2D eigenvalue weighted by Gasteiger charge is -2.18. The molecule has 1 rings (SSSR count). The van der Waals surface area contributed by atoms with Crippen LogP contribution in [0.25, 0.3) is 0 Å². The lowest BCUT2D eigenvalue weighted by molar-refractivity contribution is 0.0149. The molecule has 0 aliphatic carbocycles. The van der Waals surface area contributed by atoms with Gasteiger partial charge in [-0.1, -0.05) is 6.07 Å². The van der Waals surface area contributed by atoms with Crippen LogP contribution in [-0.2, 0) is 12.3 Å². The topological polar surface area (TPSA) is 33.0 Å². The van der Waals surface area contributed by atoms with Crippen LogP contribution in [0.5, 0.6) is 5.75 Å². The molecule has 2 nitrogen and oxygen atoms in total. The van der Waals surface area contributed by atoms with Gasteiger partial charge in [0.25, 0.3) is 5.92 Å². The molecule has 0 unspecified atom stereocenters. The molecule has 0 fully saturated rings. The summed E-state index contributed by atoms with van der Waals surface area (Å²) in [5.74, 6) is -2.85. The van der Waals surface area contributed by atoms with Crippen LogP contribution >= 0.6 is 0 Å². The van der Waals surface area contributed by atoms with Crippen LogP contribution in [0.4, 0.5) is 8.78 Å². The van der Waals surface area contributed by atoms with E-state index in [1.54, 1.807) is 13.0 Å². The molecule has 0 N–H and O–H groups in total. The van der Waals surface area contributed by atoms with Crippen molar-refractivity contribution in [1.29, 1.82) is 5.26 Å². The molecule has 0 bridgehead atoms. The van der Waals surface area contributed by atoms with E-state index in [1.165, 1.54) is 13.2 Å². The molecule has 0 aromatic heterocycles. The Morgan fingerprint density at radius 2 is 2.06 bits per heavy atom. The van der Waals surface area contributed by atoms with Crippen LogP contribution in [0.3, 0.4) is 0 Å². The third kappa shape index (κ3) is 2.30. The van der Waals surface area contributed by atoms with Crippen LogP contribution in [-0.4, -0.2) is 7.11 Å². The molecule has 1 aromatic carbocycles. The number of halogens is 2. The first-order valence-electron chi connectivity index (χ1n) is 4.83. The third-order valence-corrected chi connectivity index (χ3v) is 2.43. The number of hydrogen-bond donors (Lipinski definition) is 0. The largest absolute Gasteiger partial charge is 0.496 e.